The highest BCUT2D eigenvalue weighted by Crippen LogP contribution is 2.10. The molecule has 0 aliphatic carbocycles. The molecule has 0 aliphatic rings. The van der Waals surface area contributed by atoms with Crippen LogP contribution in [0.15, 0.2) is 18.2 Å². The molecule has 0 saturated heterocycles. The summed E-state index contributed by atoms with van der Waals surface area (Å²) in [6.07, 6.45) is 6.54. The van der Waals surface area contributed by atoms with Crippen LogP contribution in [-0.4, -0.2) is 0 Å². The van der Waals surface area contributed by atoms with E-state index < -0.39 is 0 Å². The summed E-state index contributed by atoms with van der Waals surface area (Å²) in [4.78, 5) is 0. The molecule has 0 atom stereocenters. The van der Waals surface area contributed by atoms with Crippen LogP contribution in [0, 0.1) is 18.3 Å². The largest absolute Gasteiger partial charge is 0.192 e. The summed E-state index contributed by atoms with van der Waals surface area (Å²) in [5.74, 6) is 0. The zero-order chi connectivity index (χ0) is 13.1. The lowest BCUT2D eigenvalue weighted by atomic mass is 10.0. The van der Waals surface area contributed by atoms with Crippen LogP contribution < -0.4 is 0 Å². The molecule has 0 saturated carbocycles. The van der Waals surface area contributed by atoms with Crippen LogP contribution in [-0.2, 0) is 6.42 Å². The highest BCUT2D eigenvalue weighted by Gasteiger charge is 1.96. The number of nitrogens with zero attached hydrogens (tertiary/aromatic N) is 1. The van der Waals surface area contributed by atoms with Crippen molar-refractivity contribution in [2.45, 2.75) is 59.8 Å². The van der Waals surface area contributed by atoms with E-state index in [2.05, 4.69) is 33.8 Å². The fourth-order valence-electron chi connectivity index (χ4n) is 1.62. The first-order valence-corrected chi connectivity index (χ1v) is 6.69. The minimum atomic E-state index is 0.757. The Balaban J connectivity index is 0.000000366. The fourth-order valence-corrected chi connectivity index (χ4v) is 1.62. The first kappa shape index (κ1) is 15.7. The van der Waals surface area contributed by atoms with Crippen LogP contribution >= 0.6 is 0 Å². The van der Waals surface area contributed by atoms with Crippen molar-refractivity contribution in [3.63, 3.8) is 0 Å². The van der Waals surface area contributed by atoms with E-state index in [1.165, 1.54) is 36.8 Å². The molecule has 0 fully saturated rings. The molecule has 0 radical (unpaired) electrons. The third-order valence-electron chi connectivity index (χ3n) is 2.82. The second-order valence-corrected chi connectivity index (χ2v) is 4.31. The minimum Gasteiger partial charge on any atom is -0.192 e. The summed E-state index contributed by atoms with van der Waals surface area (Å²) in [5.41, 5.74) is 3.29. The SMILES string of the molecule is CCCCCC.CCc1cc(C#N)ccc1C. The number of rotatable bonds is 4. The molecule has 0 aliphatic heterocycles. The number of unbranched alkanes of at least 4 members (excludes halogenated alkanes) is 3. The van der Waals surface area contributed by atoms with Gasteiger partial charge in [0, 0.05) is 0 Å². The topological polar surface area (TPSA) is 23.8 Å². The Morgan fingerprint density at radius 1 is 1.06 bits per heavy atom. The summed E-state index contributed by atoms with van der Waals surface area (Å²) in [7, 11) is 0. The maximum Gasteiger partial charge on any atom is 0.0991 e. The van der Waals surface area contributed by atoms with Crippen molar-refractivity contribution >= 4 is 0 Å². The van der Waals surface area contributed by atoms with E-state index in [1.54, 1.807) is 0 Å². The molecule has 0 bridgehead atoms. The Hall–Kier alpha value is -1.29. The van der Waals surface area contributed by atoms with E-state index in [4.69, 9.17) is 5.26 Å². The highest BCUT2D eigenvalue weighted by atomic mass is 14.2. The molecule has 1 nitrogen and oxygen atoms in total. The van der Waals surface area contributed by atoms with E-state index in [0.29, 0.717) is 0 Å². The Morgan fingerprint density at radius 2 is 1.65 bits per heavy atom. The van der Waals surface area contributed by atoms with Gasteiger partial charge in [0.1, 0.15) is 0 Å². The van der Waals surface area contributed by atoms with E-state index in [9.17, 15) is 0 Å². The maximum absolute atomic E-state index is 8.60. The van der Waals surface area contributed by atoms with Gasteiger partial charge in [0.15, 0.2) is 0 Å². The highest BCUT2D eigenvalue weighted by molar-refractivity contribution is 5.37. The lowest BCUT2D eigenvalue weighted by Crippen LogP contribution is -1.86. The van der Waals surface area contributed by atoms with Crippen molar-refractivity contribution in [2.75, 3.05) is 0 Å². The Kier molecular flexibility index (Phi) is 9.15. The predicted octanol–water partition coefficient (Wildman–Crippen LogP) is 5.02. The first-order valence-electron chi connectivity index (χ1n) is 6.69. The average Bonchev–Trinajstić information content (AvgIpc) is 2.37. The van der Waals surface area contributed by atoms with Gasteiger partial charge in [-0.25, -0.2) is 0 Å². The molecule has 94 valence electrons. The first-order chi connectivity index (χ1) is 8.19. The lowest BCUT2D eigenvalue weighted by Gasteiger charge is -2.01. The molecule has 0 spiro atoms. The van der Waals surface area contributed by atoms with Gasteiger partial charge in [-0.15, -0.1) is 0 Å². The van der Waals surface area contributed by atoms with Crippen LogP contribution in [0.3, 0.4) is 0 Å². The number of nitriles is 1. The van der Waals surface area contributed by atoms with Crippen LogP contribution in [0.4, 0.5) is 0 Å². The number of benzene rings is 1. The second-order valence-electron chi connectivity index (χ2n) is 4.31. The summed E-state index contributed by atoms with van der Waals surface area (Å²) in [6.45, 7) is 8.63. The van der Waals surface area contributed by atoms with E-state index in [-0.39, 0.29) is 0 Å². The predicted molar refractivity (Wildman–Crippen MR) is 75.1 cm³/mol. The monoisotopic (exact) mass is 231 g/mol. The molecule has 0 heterocycles. The van der Waals surface area contributed by atoms with Crippen molar-refractivity contribution in [1.82, 2.24) is 0 Å². The quantitative estimate of drug-likeness (QED) is 0.668. The molecule has 17 heavy (non-hydrogen) atoms. The van der Waals surface area contributed by atoms with Gasteiger partial charge in [0.2, 0.25) is 0 Å². The van der Waals surface area contributed by atoms with Crippen molar-refractivity contribution in [3.05, 3.63) is 34.9 Å². The van der Waals surface area contributed by atoms with Gasteiger partial charge < -0.3 is 0 Å². The third kappa shape index (κ3) is 6.79. The summed E-state index contributed by atoms with van der Waals surface area (Å²) in [5, 5.41) is 8.60. The average molecular weight is 231 g/mol. The van der Waals surface area contributed by atoms with E-state index >= 15 is 0 Å². The van der Waals surface area contributed by atoms with Gasteiger partial charge in [-0.3, -0.25) is 0 Å². The number of aryl methyl sites for hydroxylation is 2. The summed E-state index contributed by atoms with van der Waals surface area (Å²) >= 11 is 0. The van der Waals surface area contributed by atoms with Gasteiger partial charge in [0.25, 0.3) is 0 Å². The van der Waals surface area contributed by atoms with Crippen LogP contribution in [0.25, 0.3) is 0 Å². The van der Waals surface area contributed by atoms with Crippen molar-refractivity contribution in [1.29, 1.82) is 5.26 Å². The van der Waals surface area contributed by atoms with Gasteiger partial charge in [0.05, 0.1) is 11.6 Å². The number of hydrogen-bond donors (Lipinski definition) is 0. The van der Waals surface area contributed by atoms with Gasteiger partial charge in [-0.1, -0.05) is 52.5 Å². The van der Waals surface area contributed by atoms with Crippen molar-refractivity contribution in [3.8, 4) is 6.07 Å². The van der Waals surface area contributed by atoms with Gasteiger partial charge in [-0.2, -0.15) is 5.26 Å². The molecular formula is C16H25N. The molecule has 1 heteroatoms. The molecule has 0 aromatic heterocycles. The standard InChI is InChI=1S/C10H11N.C6H14/c1-3-10-6-9(7-11)5-4-8(10)2;1-3-5-6-4-2/h4-6H,3H2,1-2H3;3-6H2,1-2H3. The molecule has 0 amide bonds. The smallest absolute Gasteiger partial charge is 0.0991 e. The molecule has 1 rings (SSSR count). The molecular weight excluding hydrogens is 206 g/mol. The Bertz CT molecular complexity index is 343. The van der Waals surface area contributed by atoms with Gasteiger partial charge in [-0.05, 0) is 36.6 Å². The van der Waals surface area contributed by atoms with Gasteiger partial charge >= 0.3 is 0 Å². The normalized spacial score (nSPS) is 9.12. The van der Waals surface area contributed by atoms with Crippen LogP contribution in [0.2, 0.25) is 0 Å². The minimum absolute atomic E-state index is 0.757. The molecule has 1 aromatic carbocycles. The third-order valence-corrected chi connectivity index (χ3v) is 2.82. The van der Waals surface area contributed by atoms with Crippen molar-refractivity contribution in [2.24, 2.45) is 0 Å². The van der Waals surface area contributed by atoms with E-state index in [1.807, 2.05) is 18.2 Å². The van der Waals surface area contributed by atoms with Crippen molar-refractivity contribution < 1.29 is 0 Å². The zero-order valence-electron chi connectivity index (χ0n) is 11.7. The van der Waals surface area contributed by atoms with Crippen LogP contribution in [0.1, 0.15) is 63.1 Å². The Morgan fingerprint density at radius 3 is 2.06 bits per heavy atom. The number of hydrogen-bond acceptors (Lipinski definition) is 1. The molecule has 0 N–H and O–H groups in total. The van der Waals surface area contributed by atoms with E-state index in [0.717, 1.165) is 12.0 Å². The molecule has 0 unspecified atom stereocenters. The summed E-state index contributed by atoms with van der Waals surface area (Å²) < 4.78 is 0. The summed E-state index contributed by atoms with van der Waals surface area (Å²) in [6, 6.07) is 7.94. The second kappa shape index (κ2) is 9.90. The molecule has 1 aromatic rings. The Labute approximate surface area is 106 Å². The maximum atomic E-state index is 8.60. The fraction of sp³-hybridized carbons (Fsp3) is 0.562. The zero-order valence-corrected chi connectivity index (χ0v) is 11.7. The van der Waals surface area contributed by atoms with Crippen LogP contribution in [0.5, 0.6) is 0 Å². The lowest BCUT2D eigenvalue weighted by molar-refractivity contribution is 0.702.